The van der Waals surface area contributed by atoms with E-state index >= 15 is 0 Å². The average Bonchev–Trinajstić information content (AvgIpc) is 2.61. The minimum atomic E-state index is -3.43. The summed E-state index contributed by atoms with van der Waals surface area (Å²) in [5.41, 5.74) is 3.23. The van der Waals surface area contributed by atoms with Crippen LogP contribution in [0.1, 0.15) is 23.6 Å². The highest BCUT2D eigenvalue weighted by atomic mass is 32.2. The number of piperazine rings is 1. The number of benzene rings is 2. The van der Waals surface area contributed by atoms with Gasteiger partial charge in [-0.15, -0.1) is 0 Å². The monoisotopic (exact) mass is 372 g/mol. The Morgan fingerprint density at radius 3 is 2.42 bits per heavy atom. The van der Waals surface area contributed by atoms with Crippen molar-refractivity contribution in [3.8, 4) is 0 Å². The van der Waals surface area contributed by atoms with Gasteiger partial charge in [0.05, 0.1) is 4.90 Å². The molecule has 0 saturated carbocycles. The first kappa shape index (κ1) is 19.1. The number of rotatable bonds is 5. The van der Waals surface area contributed by atoms with Gasteiger partial charge in [0, 0.05) is 32.2 Å². The molecule has 0 N–H and O–H groups in total. The highest BCUT2D eigenvalue weighted by molar-refractivity contribution is 7.89. The minimum Gasteiger partial charge on any atom is -0.298 e. The third-order valence-corrected chi connectivity index (χ3v) is 7.23. The molecule has 0 bridgehead atoms. The SMILES string of the molecule is Cc1ccc(S(=O)(=O)N2CCN(CCc3ccccc3)C(C)C2)c(C)c1. The van der Waals surface area contributed by atoms with Crippen LogP contribution in [0.3, 0.4) is 0 Å². The van der Waals surface area contributed by atoms with Crippen molar-refractivity contribution >= 4 is 10.0 Å². The van der Waals surface area contributed by atoms with E-state index in [0.717, 1.165) is 30.6 Å². The molecule has 0 amide bonds. The average molecular weight is 373 g/mol. The summed E-state index contributed by atoms with van der Waals surface area (Å²) in [5, 5.41) is 0. The molecule has 1 saturated heterocycles. The van der Waals surface area contributed by atoms with Gasteiger partial charge in [0.25, 0.3) is 0 Å². The smallest absolute Gasteiger partial charge is 0.243 e. The summed E-state index contributed by atoms with van der Waals surface area (Å²) < 4.78 is 27.8. The van der Waals surface area contributed by atoms with Crippen LogP contribution in [-0.2, 0) is 16.4 Å². The van der Waals surface area contributed by atoms with Gasteiger partial charge in [-0.1, -0.05) is 48.0 Å². The second-order valence-corrected chi connectivity index (χ2v) is 9.16. The molecule has 26 heavy (non-hydrogen) atoms. The number of hydrogen-bond acceptors (Lipinski definition) is 3. The summed E-state index contributed by atoms with van der Waals surface area (Å²) in [6.07, 6.45) is 0.995. The van der Waals surface area contributed by atoms with Crippen LogP contribution in [0.4, 0.5) is 0 Å². The molecule has 0 aliphatic carbocycles. The molecular formula is C21H28N2O2S. The topological polar surface area (TPSA) is 40.6 Å². The van der Waals surface area contributed by atoms with E-state index in [2.05, 4.69) is 36.1 Å². The van der Waals surface area contributed by atoms with Gasteiger partial charge >= 0.3 is 0 Å². The van der Waals surface area contributed by atoms with E-state index in [1.54, 1.807) is 10.4 Å². The molecular weight excluding hydrogens is 344 g/mol. The Morgan fingerprint density at radius 1 is 1.04 bits per heavy atom. The largest absolute Gasteiger partial charge is 0.298 e. The summed E-state index contributed by atoms with van der Waals surface area (Å²) in [6.45, 7) is 8.81. The highest BCUT2D eigenvalue weighted by Gasteiger charge is 2.32. The second-order valence-electron chi connectivity index (χ2n) is 7.25. The standard InChI is InChI=1S/C21H28N2O2S/c1-17-9-10-21(18(2)15-17)26(24,25)23-14-13-22(19(3)16-23)12-11-20-7-5-4-6-8-20/h4-10,15,19H,11-14,16H2,1-3H3. The summed E-state index contributed by atoms with van der Waals surface area (Å²) in [5.74, 6) is 0. The summed E-state index contributed by atoms with van der Waals surface area (Å²) in [4.78, 5) is 2.83. The van der Waals surface area contributed by atoms with Gasteiger partial charge in [0.1, 0.15) is 0 Å². The van der Waals surface area contributed by atoms with Crippen LogP contribution in [0.5, 0.6) is 0 Å². The van der Waals surface area contributed by atoms with Crippen molar-refractivity contribution < 1.29 is 8.42 Å². The lowest BCUT2D eigenvalue weighted by Gasteiger charge is -2.39. The lowest BCUT2D eigenvalue weighted by molar-refractivity contribution is 0.130. The lowest BCUT2D eigenvalue weighted by atomic mass is 10.1. The number of hydrogen-bond donors (Lipinski definition) is 0. The molecule has 3 rings (SSSR count). The normalized spacial score (nSPS) is 19.6. The van der Waals surface area contributed by atoms with Crippen molar-refractivity contribution in [2.24, 2.45) is 0 Å². The van der Waals surface area contributed by atoms with E-state index in [4.69, 9.17) is 0 Å². The van der Waals surface area contributed by atoms with Crippen molar-refractivity contribution in [3.63, 3.8) is 0 Å². The summed E-state index contributed by atoms with van der Waals surface area (Å²) >= 11 is 0. The van der Waals surface area contributed by atoms with Crippen LogP contribution in [0, 0.1) is 13.8 Å². The maximum Gasteiger partial charge on any atom is 0.243 e. The van der Waals surface area contributed by atoms with Crippen LogP contribution in [0.25, 0.3) is 0 Å². The van der Waals surface area contributed by atoms with E-state index in [1.807, 2.05) is 32.0 Å². The van der Waals surface area contributed by atoms with Crippen molar-refractivity contribution in [3.05, 3.63) is 65.2 Å². The molecule has 1 aliphatic rings. The quantitative estimate of drug-likeness (QED) is 0.809. The molecule has 140 valence electrons. The number of aryl methyl sites for hydroxylation is 2. The van der Waals surface area contributed by atoms with E-state index in [-0.39, 0.29) is 6.04 Å². The molecule has 2 aromatic rings. The van der Waals surface area contributed by atoms with Gasteiger partial charge in [0.15, 0.2) is 0 Å². The Kier molecular flexibility index (Phi) is 5.80. The molecule has 1 atom stereocenters. The van der Waals surface area contributed by atoms with Crippen molar-refractivity contribution in [2.45, 2.75) is 38.1 Å². The molecule has 2 aromatic carbocycles. The second kappa shape index (κ2) is 7.91. The molecule has 5 heteroatoms. The first-order chi connectivity index (χ1) is 12.4. The predicted octanol–water partition coefficient (Wildman–Crippen LogP) is 3.24. The molecule has 1 fully saturated rings. The van der Waals surface area contributed by atoms with Crippen LogP contribution in [0.2, 0.25) is 0 Å². The zero-order valence-corrected chi connectivity index (χ0v) is 16.7. The molecule has 1 unspecified atom stereocenters. The minimum absolute atomic E-state index is 0.216. The van der Waals surface area contributed by atoms with Crippen LogP contribution >= 0.6 is 0 Å². The maximum atomic E-state index is 13.1. The van der Waals surface area contributed by atoms with Crippen molar-refractivity contribution in [2.75, 3.05) is 26.2 Å². The van der Waals surface area contributed by atoms with Crippen LogP contribution < -0.4 is 0 Å². The molecule has 1 aliphatic heterocycles. The molecule has 0 aromatic heterocycles. The van der Waals surface area contributed by atoms with Gasteiger partial charge in [-0.2, -0.15) is 4.31 Å². The van der Waals surface area contributed by atoms with Gasteiger partial charge in [0.2, 0.25) is 10.0 Å². The number of sulfonamides is 1. The first-order valence-electron chi connectivity index (χ1n) is 9.23. The fraction of sp³-hybridized carbons (Fsp3) is 0.429. The first-order valence-corrected chi connectivity index (χ1v) is 10.7. The molecule has 4 nitrogen and oxygen atoms in total. The van der Waals surface area contributed by atoms with E-state index < -0.39 is 10.0 Å². The van der Waals surface area contributed by atoms with Crippen LogP contribution in [0.15, 0.2) is 53.4 Å². The Balaban J connectivity index is 1.66. The van der Waals surface area contributed by atoms with Gasteiger partial charge in [-0.25, -0.2) is 8.42 Å². The summed E-state index contributed by atoms with van der Waals surface area (Å²) in [6, 6.07) is 16.2. The molecule has 0 spiro atoms. The van der Waals surface area contributed by atoms with E-state index in [9.17, 15) is 8.42 Å². The van der Waals surface area contributed by atoms with E-state index in [1.165, 1.54) is 5.56 Å². The van der Waals surface area contributed by atoms with Gasteiger partial charge < -0.3 is 0 Å². The van der Waals surface area contributed by atoms with E-state index in [0.29, 0.717) is 18.0 Å². The Hall–Kier alpha value is -1.69. The Bertz CT molecular complexity index is 850. The molecule has 1 heterocycles. The zero-order chi connectivity index (χ0) is 18.7. The maximum absolute atomic E-state index is 13.1. The Labute approximate surface area is 157 Å². The molecule has 0 radical (unpaired) electrons. The van der Waals surface area contributed by atoms with Gasteiger partial charge in [-0.3, -0.25) is 4.90 Å². The highest BCUT2D eigenvalue weighted by Crippen LogP contribution is 2.23. The van der Waals surface area contributed by atoms with Crippen molar-refractivity contribution in [1.82, 2.24) is 9.21 Å². The van der Waals surface area contributed by atoms with Crippen molar-refractivity contribution in [1.29, 1.82) is 0 Å². The van der Waals surface area contributed by atoms with Crippen LogP contribution in [-0.4, -0.2) is 49.8 Å². The lowest BCUT2D eigenvalue weighted by Crippen LogP contribution is -2.53. The summed E-state index contributed by atoms with van der Waals surface area (Å²) in [7, 11) is -3.43. The fourth-order valence-corrected chi connectivity index (χ4v) is 5.38. The fourth-order valence-electron chi connectivity index (χ4n) is 3.66. The number of nitrogens with zero attached hydrogens (tertiary/aromatic N) is 2. The predicted molar refractivity (Wildman–Crippen MR) is 106 cm³/mol. The Morgan fingerprint density at radius 2 is 1.77 bits per heavy atom. The third-order valence-electron chi connectivity index (χ3n) is 5.21. The zero-order valence-electron chi connectivity index (χ0n) is 15.9. The third kappa shape index (κ3) is 4.17. The van der Waals surface area contributed by atoms with Gasteiger partial charge in [-0.05, 0) is 44.4 Å².